The Morgan fingerprint density at radius 2 is 1.62 bits per heavy atom. The van der Waals surface area contributed by atoms with Gasteiger partial charge in [0.25, 0.3) is 0 Å². The van der Waals surface area contributed by atoms with Crippen LogP contribution in [0, 0.1) is 5.82 Å². The second kappa shape index (κ2) is 8.14. The van der Waals surface area contributed by atoms with Crippen LogP contribution in [0.3, 0.4) is 0 Å². The molecule has 29 heavy (non-hydrogen) atoms. The molecule has 4 aromatic rings. The van der Waals surface area contributed by atoms with Crippen LogP contribution >= 0.6 is 11.3 Å². The van der Waals surface area contributed by atoms with E-state index in [2.05, 4.69) is 9.71 Å². The molecule has 146 valence electrons. The average molecular weight is 425 g/mol. The number of benzene rings is 3. The third kappa shape index (κ3) is 4.70. The van der Waals surface area contributed by atoms with Crippen LogP contribution in [0.5, 0.6) is 0 Å². The summed E-state index contributed by atoms with van der Waals surface area (Å²) < 4.78 is 41.2. The molecule has 0 atom stereocenters. The Hall–Kier alpha value is -3.03. The van der Waals surface area contributed by atoms with Gasteiger partial charge in [-0.1, -0.05) is 60.7 Å². The van der Waals surface area contributed by atoms with Gasteiger partial charge in [-0.15, -0.1) is 11.3 Å². The van der Waals surface area contributed by atoms with E-state index in [1.165, 1.54) is 29.5 Å². The first-order valence-corrected chi connectivity index (χ1v) is 11.4. The molecule has 1 aromatic heterocycles. The number of aromatic nitrogens is 1. The predicted octanol–water partition coefficient (Wildman–Crippen LogP) is 5.56. The number of hydrogen-bond acceptors (Lipinski definition) is 4. The largest absolute Gasteiger partial charge is 0.283 e. The summed E-state index contributed by atoms with van der Waals surface area (Å²) in [4.78, 5) is 4.66. The fourth-order valence-electron chi connectivity index (χ4n) is 2.90. The minimum absolute atomic E-state index is 0.128. The molecule has 0 spiro atoms. The van der Waals surface area contributed by atoms with Gasteiger partial charge in [-0.3, -0.25) is 4.72 Å². The number of sulfonamides is 1. The number of anilines is 1. The Kier molecular flexibility index (Phi) is 5.42. The lowest BCUT2D eigenvalue weighted by Crippen LogP contribution is -2.15. The van der Waals surface area contributed by atoms with E-state index in [0.29, 0.717) is 5.69 Å². The summed E-state index contributed by atoms with van der Waals surface area (Å²) in [7, 11) is -3.75. The van der Waals surface area contributed by atoms with Gasteiger partial charge in [0.1, 0.15) is 10.8 Å². The minimum Gasteiger partial charge on any atom is -0.283 e. The van der Waals surface area contributed by atoms with Crippen LogP contribution in [0.15, 0.2) is 84.2 Å². The van der Waals surface area contributed by atoms with Crippen molar-refractivity contribution in [2.45, 2.75) is 5.75 Å². The molecule has 0 saturated carbocycles. The molecule has 0 bridgehead atoms. The van der Waals surface area contributed by atoms with Crippen LogP contribution in [0.25, 0.3) is 21.8 Å². The highest BCUT2D eigenvalue weighted by molar-refractivity contribution is 7.91. The average Bonchev–Trinajstić information content (AvgIpc) is 3.20. The molecule has 0 radical (unpaired) electrons. The lowest BCUT2D eigenvalue weighted by molar-refractivity contribution is 0.591. The molecule has 0 fully saturated rings. The molecule has 0 amide bonds. The highest BCUT2D eigenvalue weighted by Gasteiger charge is 2.15. The van der Waals surface area contributed by atoms with Gasteiger partial charge in [0.05, 0.1) is 11.4 Å². The number of halogens is 1. The normalized spacial score (nSPS) is 11.3. The van der Waals surface area contributed by atoms with E-state index in [0.717, 1.165) is 21.8 Å². The van der Waals surface area contributed by atoms with E-state index in [9.17, 15) is 12.8 Å². The first kappa shape index (κ1) is 19.3. The van der Waals surface area contributed by atoms with Crippen molar-refractivity contribution in [2.75, 3.05) is 4.72 Å². The van der Waals surface area contributed by atoms with E-state index < -0.39 is 21.6 Å². The van der Waals surface area contributed by atoms with Crippen molar-refractivity contribution in [3.8, 4) is 21.8 Å². The molecule has 0 unspecified atom stereocenters. The quantitative estimate of drug-likeness (QED) is 0.441. The minimum atomic E-state index is -3.75. The highest BCUT2D eigenvalue weighted by Crippen LogP contribution is 2.30. The summed E-state index contributed by atoms with van der Waals surface area (Å²) in [5, 5.41) is 2.83. The molecule has 4 rings (SSSR count). The molecule has 3 aromatic carbocycles. The number of hydrogen-bond donors (Lipinski definition) is 1. The van der Waals surface area contributed by atoms with Crippen molar-refractivity contribution >= 4 is 27.0 Å². The van der Waals surface area contributed by atoms with Crippen LogP contribution in [0.2, 0.25) is 0 Å². The molecule has 0 saturated heterocycles. The summed E-state index contributed by atoms with van der Waals surface area (Å²) >= 11 is 1.53. The zero-order chi connectivity index (χ0) is 20.3. The monoisotopic (exact) mass is 424 g/mol. The van der Waals surface area contributed by atoms with Gasteiger partial charge < -0.3 is 0 Å². The van der Waals surface area contributed by atoms with Gasteiger partial charge in [-0.05, 0) is 18.2 Å². The first-order valence-electron chi connectivity index (χ1n) is 8.85. The molecule has 4 nitrogen and oxygen atoms in total. The van der Waals surface area contributed by atoms with Crippen molar-refractivity contribution in [3.05, 3.63) is 95.6 Å². The molecule has 0 aliphatic carbocycles. The summed E-state index contributed by atoms with van der Waals surface area (Å²) in [5.41, 5.74) is 3.14. The van der Waals surface area contributed by atoms with Gasteiger partial charge in [-0.25, -0.2) is 17.8 Å². The van der Waals surface area contributed by atoms with Gasteiger partial charge in [0, 0.05) is 27.8 Å². The summed E-state index contributed by atoms with van der Waals surface area (Å²) in [6.07, 6.45) is 0. The zero-order valence-corrected chi connectivity index (χ0v) is 16.9. The van der Waals surface area contributed by atoms with Crippen LogP contribution < -0.4 is 4.72 Å². The van der Waals surface area contributed by atoms with Crippen molar-refractivity contribution in [2.24, 2.45) is 0 Å². The molecule has 1 heterocycles. The summed E-state index contributed by atoms with van der Waals surface area (Å²) in [6.45, 7) is 0. The van der Waals surface area contributed by atoms with Crippen molar-refractivity contribution in [1.82, 2.24) is 4.98 Å². The van der Waals surface area contributed by atoms with Gasteiger partial charge in [0.15, 0.2) is 0 Å². The Balaban J connectivity index is 1.55. The van der Waals surface area contributed by atoms with Crippen LogP contribution in [-0.4, -0.2) is 13.4 Å². The predicted molar refractivity (Wildman–Crippen MR) is 116 cm³/mol. The van der Waals surface area contributed by atoms with Crippen molar-refractivity contribution in [3.63, 3.8) is 0 Å². The van der Waals surface area contributed by atoms with Gasteiger partial charge >= 0.3 is 0 Å². The summed E-state index contributed by atoms with van der Waals surface area (Å²) in [6, 6.07) is 22.7. The lowest BCUT2D eigenvalue weighted by Gasteiger charge is -2.09. The Morgan fingerprint density at radius 1 is 0.897 bits per heavy atom. The number of rotatable bonds is 6. The molecule has 1 N–H and O–H groups in total. The zero-order valence-electron chi connectivity index (χ0n) is 15.2. The van der Waals surface area contributed by atoms with Crippen LogP contribution in [0.4, 0.5) is 10.1 Å². The smallest absolute Gasteiger partial charge is 0.237 e. The van der Waals surface area contributed by atoms with E-state index in [1.807, 2.05) is 41.8 Å². The lowest BCUT2D eigenvalue weighted by atomic mass is 10.1. The third-order valence-corrected chi connectivity index (χ3v) is 6.39. The fourth-order valence-corrected chi connectivity index (χ4v) is 4.93. The van der Waals surface area contributed by atoms with Crippen LogP contribution in [0.1, 0.15) is 5.56 Å². The maximum atomic E-state index is 13.8. The number of thiazole rings is 1. The maximum absolute atomic E-state index is 13.8. The molecule has 7 heteroatoms. The Bertz CT molecular complexity index is 1240. The topological polar surface area (TPSA) is 59.1 Å². The van der Waals surface area contributed by atoms with E-state index in [-0.39, 0.29) is 5.56 Å². The first-order chi connectivity index (χ1) is 14.0. The molecular formula is C22H17FN2O2S2. The van der Waals surface area contributed by atoms with E-state index in [1.54, 1.807) is 24.3 Å². The fraction of sp³-hybridized carbons (Fsp3) is 0.0455. The molecule has 0 aliphatic rings. The number of nitrogens with zero attached hydrogens (tertiary/aromatic N) is 1. The second-order valence-corrected chi connectivity index (χ2v) is 9.02. The van der Waals surface area contributed by atoms with Crippen LogP contribution in [-0.2, 0) is 15.8 Å². The standard InChI is InChI=1S/C22H17FN2O2S2/c23-20-12-5-4-9-18(20)15-29(26,27)25-19-11-6-10-17(13-19)21-14-28-22(24-21)16-7-2-1-3-8-16/h1-14,25H,15H2. The van der Waals surface area contributed by atoms with Crippen molar-refractivity contribution in [1.29, 1.82) is 0 Å². The Morgan fingerprint density at radius 3 is 2.41 bits per heavy atom. The van der Waals surface area contributed by atoms with Gasteiger partial charge in [0.2, 0.25) is 10.0 Å². The highest BCUT2D eigenvalue weighted by atomic mass is 32.2. The van der Waals surface area contributed by atoms with Crippen molar-refractivity contribution < 1.29 is 12.8 Å². The summed E-state index contributed by atoms with van der Waals surface area (Å²) in [5.74, 6) is -0.971. The second-order valence-electron chi connectivity index (χ2n) is 6.44. The molecular weight excluding hydrogens is 407 g/mol. The third-order valence-electron chi connectivity index (χ3n) is 4.26. The van der Waals surface area contributed by atoms with E-state index >= 15 is 0 Å². The SMILES string of the molecule is O=S(=O)(Cc1ccccc1F)Nc1cccc(-c2csc(-c3ccccc3)n2)c1. The number of nitrogens with one attached hydrogen (secondary N) is 1. The molecule has 0 aliphatic heterocycles. The maximum Gasteiger partial charge on any atom is 0.237 e. The van der Waals surface area contributed by atoms with Gasteiger partial charge in [-0.2, -0.15) is 0 Å². The van der Waals surface area contributed by atoms with E-state index in [4.69, 9.17) is 0 Å². The Labute approximate surface area is 172 Å².